The second kappa shape index (κ2) is 13.0. The molecule has 0 aromatic carbocycles. The SMILES string of the molecule is CC(N)=O.NCCCCCCN. The molecule has 74 valence electrons. The van der Waals surface area contributed by atoms with E-state index in [4.69, 9.17) is 11.5 Å². The van der Waals surface area contributed by atoms with Gasteiger partial charge in [-0.1, -0.05) is 12.8 Å². The molecule has 0 heterocycles. The van der Waals surface area contributed by atoms with Crippen LogP contribution in [0.2, 0.25) is 0 Å². The van der Waals surface area contributed by atoms with Gasteiger partial charge < -0.3 is 17.2 Å². The van der Waals surface area contributed by atoms with Gasteiger partial charge in [-0.05, 0) is 25.9 Å². The highest BCUT2D eigenvalue weighted by Gasteiger charge is 1.83. The second-order valence-corrected chi connectivity index (χ2v) is 2.60. The lowest BCUT2D eigenvalue weighted by atomic mass is 10.2. The Morgan fingerprint density at radius 1 is 1.00 bits per heavy atom. The summed E-state index contributed by atoms with van der Waals surface area (Å²) < 4.78 is 0. The van der Waals surface area contributed by atoms with E-state index in [2.05, 4.69) is 5.73 Å². The van der Waals surface area contributed by atoms with Crippen LogP contribution >= 0.6 is 0 Å². The standard InChI is InChI=1S/C6H16N2.C2H5NO/c7-5-3-1-2-4-6-8;1-2(3)4/h1-8H2;1H3,(H2,3,4). The monoisotopic (exact) mass is 175 g/mol. The number of amides is 1. The van der Waals surface area contributed by atoms with E-state index in [-0.39, 0.29) is 5.91 Å². The highest BCUT2D eigenvalue weighted by Crippen LogP contribution is 1.95. The first-order chi connectivity index (χ1) is 5.65. The van der Waals surface area contributed by atoms with Crippen molar-refractivity contribution in [3.05, 3.63) is 0 Å². The molecule has 4 heteroatoms. The van der Waals surface area contributed by atoms with Crippen LogP contribution in [0.4, 0.5) is 0 Å². The summed E-state index contributed by atoms with van der Waals surface area (Å²) >= 11 is 0. The van der Waals surface area contributed by atoms with Crippen molar-refractivity contribution >= 4 is 5.91 Å². The normalized spacial score (nSPS) is 8.58. The molecule has 0 aromatic rings. The number of carbonyl (C=O) groups is 1. The topological polar surface area (TPSA) is 95.1 Å². The third kappa shape index (κ3) is 34.3. The van der Waals surface area contributed by atoms with Gasteiger partial charge in [0.1, 0.15) is 0 Å². The quantitative estimate of drug-likeness (QED) is 0.511. The summed E-state index contributed by atoms with van der Waals surface area (Å²) in [4.78, 5) is 9.22. The van der Waals surface area contributed by atoms with Crippen LogP contribution in [0.5, 0.6) is 0 Å². The van der Waals surface area contributed by atoms with Crippen molar-refractivity contribution in [1.82, 2.24) is 0 Å². The molecule has 0 saturated carbocycles. The van der Waals surface area contributed by atoms with Gasteiger partial charge >= 0.3 is 0 Å². The minimum Gasteiger partial charge on any atom is -0.370 e. The average molecular weight is 175 g/mol. The molecule has 0 spiro atoms. The average Bonchev–Trinajstić information content (AvgIpc) is 1.97. The van der Waals surface area contributed by atoms with Crippen molar-refractivity contribution in [1.29, 1.82) is 0 Å². The van der Waals surface area contributed by atoms with Gasteiger partial charge in [0, 0.05) is 6.92 Å². The molecule has 1 amide bonds. The van der Waals surface area contributed by atoms with E-state index in [9.17, 15) is 4.79 Å². The van der Waals surface area contributed by atoms with Gasteiger partial charge in [-0.3, -0.25) is 4.79 Å². The molecule has 0 aliphatic rings. The lowest BCUT2D eigenvalue weighted by Gasteiger charge is -1.94. The molecule has 0 bridgehead atoms. The third-order valence-electron chi connectivity index (χ3n) is 1.16. The van der Waals surface area contributed by atoms with Crippen LogP contribution in [-0.2, 0) is 4.79 Å². The van der Waals surface area contributed by atoms with Crippen molar-refractivity contribution in [3.8, 4) is 0 Å². The zero-order valence-electron chi connectivity index (χ0n) is 7.88. The minimum absolute atomic E-state index is 0.333. The molecule has 0 rings (SSSR count). The Morgan fingerprint density at radius 2 is 1.25 bits per heavy atom. The van der Waals surface area contributed by atoms with E-state index >= 15 is 0 Å². The van der Waals surface area contributed by atoms with Gasteiger partial charge in [0.25, 0.3) is 0 Å². The Kier molecular flexibility index (Phi) is 15.1. The number of hydrogen-bond acceptors (Lipinski definition) is 3. The summed E-state index contributed by atoms with van der Waals surface area (Å²) in [5.41, 5.74) is 15.0. The summed E-state index contributed by atoms with van der Waals surface area (Å²) in [6.07, 6.45) is 4.79. The summed E-state index contributed by atoms with van der Waals surface area (Å²) in [6.45, 7) is 2.95. The van der Waals surface area contributed by atoms with E-state index in [0.717, 1.165) is 25.9 Å². The zero-order valence-corrected chi connectivity index (χ0v) is 7.88. The van der Waals surface area contributed by atoms with Crippen LogP contribution in [0.15, 0.2) is 0 Å². The van der Waals surface area contributed by atoms with Crippen LogP contribution in [-0.4, -0.2) is 19.0 Å². The number of rotatable bonds is 5. The van der Waals surface area contributed by atoms with Crippen LogP contribution in [0, 0.1) is 0 Å². The van der Waals surface area contributed by atoms with Crippen LogP contribution < -0.4 is 17.2 Å². The molecular weight excluding hydrogens is 154 g/mol. The Balaban J connectivity index is 0. The smallest absolute Gasteiger partial charge is 0.214 e. The molecule has 0 atom stereocenters. The molecule has 0 aliphatic heterocycles. The summed E-state index contributed by atoms with van der Waals surface area (Å²) in [5.74, 6) is -0.333. The number of hydrogen-bond donors (Lipinski definition) is 3. The fourth-order valence-electron chi connectivity index (χ4n) is 0.642. The van der Waals surface area contributed by atoms with E-state index in [1.807, 2.05) is 0 Å². The molecule has 0 aliphatic carbocycles. The van der Waals surface area contributed by atoms with Crippen molar-refractivity contribution < 1.29 is 4.79 Å². The van der Waals surface area contributed by atoms with Gasteiger partial charge in [0.2, 0.25) is 5.91 Å². The Bertz CT molecular complexity index is 86.3. The number of carbonyl (C=O) groups excluding carboxylic acids is 1. The van der Waals surface area contributed by atoms with Crippen molar-refractivity contribution in [2.24, 2.45) is 17.2 Å². The first-order valence-corrected chi connectivity index (χ1v) is 4.31. The molecule has 6 N–H and O–H groups in total. The number of unbranched alkanes of at least 4 members (excludes halogenated alkanes) is 3. The maximum atomic E-state index is 9.22. The van der Waals surface area contributed by atoms with Crippen LogP contribution in [0.1, 0.15) is 32.6 Å². The largest absolute Gasteiger partial charge is 0.370 e. The number of nitrogens with two attached hydrogens (primary N) is 3. The van der Waals surface area contributed by atoms with E-state index in [1.165, 1.54) is 19.8 Å². The van der Waals surface area contributed by atoms with Crippen molar-refractivity contribution in [2.45, 2.75) is 32.6 Å². The van der Waals surface area contributed by atoms with E-state index < -0.39 is 0 Å². The maximum absolute atomic E-state index is 9.22. The minimum atomic E-state index is -0.333. The Labute approximate surface area is 74.5 Å². The van der Waals surface area contributed by atoms with E-state index in [1.54, 1.807) is 0 Å². The molecule has 4 nitrogen and oxygen atoms in total. The fraction of sp³-hybridized carbons (Fsp3) is 0.875. The highest BCUT2D eigenvalue weighted by molar-refractivity contribution is 5.70. The zero-order chi connectivity index (χ0) is 9.82. The maximum Gasteiger partial charge on any atom is 0.214 e. The molecular formula is C8H21N3O. The second-order valence-electron chi connectivity index (χ2n) is 2.60. The summed E-state index contributed by atoms with van der Waals surface area (Å²) in [5, 5.41) is 0. The van der Waals surface area contributed by atoms with Crippen LogP contribution in [0.25, 0.3) is 0 Å². The molecule has 12 heavy (non-hydrogen) atoms. The lowest BCUT2D eigenvalue weighted by Crippen LogP contribution is -2.01. The lowest BCUT2D eigenvalue weighted by molar-refractivity contribution is -0.115. The molecule has 0 aromatic heterocycles. The summed E-state index contributed by atoms with van der Waals surface area (Å²) in [6, 6.07) is 0. The van der Waals surface area contributed by atoms with E-state index in [0.29, 0.717) is 0 Å². The van der Waals surface area contributed by atoms with Gasteiger partial charge in [-0.2, -0.15) is 0 Å². The molecule has 0 saturated heterocycles. The third-order valence-corrected chi connectivity index (χ3v) is 1.16. The Morgan fingerprint density at radius 3 is 1.42 bits per heavy atom. The van der Waals surface area contributed by atoms with Gasteiger partial charge in [0.15, 0.2) is 0 Å². The first-order valence-electron chi connectivity index (χ1n) is 4.31. The predicted molar refractivity (Wildman–Crippen MR) is 51.4 cm³/mol. The molecule has 0 radical (unpaired) electrons. The number of primary amides is 1. The first kappa shape index (κ1) is 13.9. The van der Waals surface area contributed by atoms with Gasteiger partial charge in [0.05, 0.1) is 0 Å². The molecule has 0 unspecified atom stereocenters. The van der Waals surface area contributed by atoms with Crippen molar-refractivity contribution in [2.75, 3.05) is 13.1 Å². The predicted octanol–water partition coefficient (Wildman–Crippen LogP) is -0.0442. The fourth-order valence-corrected chi connectivity index (χ4v) is 0.642. The molecule has 0 fully saturated rings. The van der Waals surface area contributed by atoms with Crippen molar-refractivity contribution in [3.63, 3.8) is 0 Å². The summed E-state index contributed by atoms with van der Waals surface area (Å²) in [7, 11) is 0. The highest BCUT2D eigenvalue weighted by atomic mass is 16.1. The Hall–Kier alpha value is -0.610. The van der Waals surface area contributed by atoms with Gasteiger partial charge in [-0.25, -0.2) is 0 Å². The van der Waals surface area contributed by atoms with Crippen LogP contribution in [0.3, 0.4) is 0 Å². The van der Waals surface area contributed by atoms with Gasteiger partial charge in [-0.15, -0.1) is 0 Å².